The predicted octanol–water partition coefficient (Wildman–Crippen LogP) is 2.68. The van der Waals surface area contributed by atoms with E-state index in [0.717, 1.165) is 0 Å². The number of rotatable bonds is 5. The second-order valence-corrected chi connectivity index (χ2v) is 4.39. The van der Waals surface area contributed by atoms with Crippen molar-refractivity contribution in [1.29, 1.82) is 0 Å². The van der Waals surface area contributed by atoms with Gasteiger partial charge in [0.25, 0.3) is 0 Å². The summed E-state index contributed by atoms with van der Waals surface area (Å²) in [5.74, 6) is -0.125. The van der Waals surface area contributed by atoms with Crippen molar-refractivity contribution >= 4 is 28.9 Å². The Labute approximate surface area is 106 Å². The fraction of sp³-hybridized carbons (Fsp3) is 0.417. The Hall–Kier alpha value is -1.26. The van der Waals surface area contributed by atoms with Crippen LogP contribution in [0.25, 0.3) is 0 Å². The largest absolute Gasteiger partial charge is 0.397 e. The summed E-state index contributed by atoms with van der Waals surface area (Å²) >= 11 is 5.76. The predicted molar refractivity (Wildman–Crippen MR) is 70.2 cm³/mol. The average Bonchev–Trinajstić information content (AvgIpc) is 2.21. The van der Waals surface area contributed by atoms with Crippen molar-refractivity contribution in [2.24, 2.45) is 0 Å². The standard InChI is InChI=1S/C12H17ClN2O2/c1-8(2)17-6-5-12(16)15-11-4-3-9(13)7-10(11)14/h3-4,7-8H,5-6,14H2,1-2H3,(H,15,16). The summed E-state index contributed by atoms with van der Waals surface area (Å²) in [5.41, 5.74) is 6.74. The van der Waals surface area contributed by atoms with Crippen LogP contribution in [0.1, 0.15) is 20.3 Å². The summed E-state index contributed by atoms with van der Waals surface area (Å²) in [6, 6.07) is 4.96. The van der Waals surface area contributed by atoms with Gasteiger partial charge in [-0.2, -0.15) is 0 Å². The number of amides is 1. The summed E-state index contributed by atoms with van der Waals surface area (Å²) < 4.78 is 5.29. The molecule has 1 amide bonds. The lowest BCUT2D eigenvalue weighted by Crippen LogP contribution is -2.16. The molecule has 0 aliphatic rings. The Morgan fingerprint density at radius 2 is 2.24 bits per heavy atom. The maximum absolute atomic E-state index is 11.6. The summed E-state index contributed by atoms with van der Waals surface area (Å²) in [5, 5.41) is 3.25. The number of hydrogen-bond donors (Lipinski definition) is 2. The van der Waals surface area contributed by atoms with Crippen molar-refractivity contribution in [1.82, 2.24) is 0 Å². The minimum absolute atomic E-state index is 0.125. The molecular weight excluding hydrogens is 240 g/mol. The highest BCUT2D eigenvalue weighted by Gasteiger charge is 2.06. The molecule has 0 saturated carbocycles. The first-order valence-corrected chi connectivity index (χ1v) is 5.83. The average molecular weight is 257 g/mol. The van der Waals surface area contributed by atoms with Gasteiger partial charge in [0, 0.05) is 5.02 Å². The quantitative estimate of drug-likeness (QED) is 0.796. The zero-order chi connectivity index (χ0) is 12.8. The van der Waals surface area contributed by atoms with Gasteiger partial charge in [-0.1, -0.05) is 11.6 Å². The van der Waals surface area contributed by atoms with E-state index >= 15 is 0 Å². The summed E-state index contributed by atoms with van der Waals surface area (Å²) in [6.07, 6.45) is 0.434. The zero-order valence-electron chi connectivity index (χ0n) is 10.00. The number of hydrogen-bond acceptors (Lipinski definition) is 3. The van der Waals surface area contributed by atoms with Crippen molar-refractivity contribution in [2.45, 2.75) is 26.4 Å². The molecular formula is C12H17ClN2O2. The molecule has 0 bridgehead atoms. The molecule has 0 atom stereocenters. The van der Waals surface area contributed by atoms with E-state index in [1.165, 1.54) is 0 Å². The fourth-order valence-electron chi connectivity index (χ4n) is 1.25. The van der Waals surface area contributed by atoms with Gasteiger partial charge in [-0.05, 0) is 32.0 Å². The molecule has 1 rings (SSSR count). The van der Waals surface area contributed by atoms with E-state index < -0.39 is 0 Å². The molecule has 3 N–H and O–H groups in total. The van der Waals surface area contributed by atoms with Crippen LogP contribution in [0.15, 0.2) is 18.2 Å². The first-order valence-electron chi connectivity index (χ1n) is 5.45. The van der Waals surface area contributed by atoms with Crippen LogP contribution in [-0.4, -0.2) is 18.6 Å². The van der Waals surface area contributed by atoms with Gasteiger partial charge in [-0.25, -0.2) is 0 Å². The Kier molecular flexibility index (Phi) is 5.25. The normalized spacial score (nSPS) is 10.6. The smallest absolute Gasteiger partial charge is 0.226 e. The third kappa shape index (κ3) is 5.06. The molecule has 0 radical (unpaired) electrons. The lowest BCUT2D eigenvalue weighted by atomic mass is 10.2. The molecule has 17 heavy (non-hydrogen) atoms. The van der Waals surface area contributed by atoms with E-state index in [-0.39, 0.29) is 12.0 Å². The molecule has 1 aromatic carbocycles. The van der Waals surface area contributed by atoms with Crippen molar-refractivity contribution in [3.05, 3.63) is 23.2 Å². The van der Waals surface area contributed by atoms with E-state index in [0.29, 0.717) is 29.4 Å². The number of nitrogens with one attached hydrogen (secondary N) is 1. The second kappa shape index (κ2) is 6.47. The van der Waals surface area contributed by atoms with Crippen molar-refractivity contribution in [3.63, 3.8) is 0 Å². The third-order valence-electron chi connectivity index (χ3n) is 2.07. The monoisotopic (exact) mass is 256 g/mol. The zero-order valence-corrected chi connectivity index (χ0v) is 10.8. The van der Waals surface area contributed by atoms with Gasteiger partial charge >= 0.3 is 0 Å². The van der Waals surface area contributed by atoms with Crippen LogP contribution in [0.3, 0.4) is 0 Å². The summed E-state index contributed by atoms with van der Waals surface area (Å²) in [6.45, 7) is 4.25. The Bertz CT molecular complexity index is 394. The van der Waals surface area contributed by atoms with Crippen LogP contribution in [0.5, 0.6) is 0 Å². The van der Waals surface area contributed by atoms with E-state index in [1.807, 2.05) is 13.8 Å². The van der Waals surface area contributed by atoms with Crippen molar-refractivity contribution in [3.8, 4) is 0 Å². The topological polar surface area (TPSA) is 64.3 Å². The summed E-state index contributed by atoms with van der Waals surface area (Å²) in [4.78, 5) is 11.6. The molecule has 0 aliphatic heterocycles. The molecule has 0 saturated heterocycles. The maximum Gasteiger partial charge on any atom is 0.226 e. The van der Waals surface area contributed by atoms with Gasteiger partial charge < -0.3 is 15.8 Å². The van der Waals surface area contributed by atoms with E-state index in [1.54, 1.807) is 18.2 Å². The number of carbonyl (C=O) groups excluding carboxylic acids is 1. The minimum atomic E-state index is -0.125. The molecule has 0 heterocycles. The van der Waals surface area contributed by atoms with Gasteiger partial charge in [0.1, 0.15) is 0 Å². The lowest BCUT2D eigenvalue weighted by molar-refractivity contribution is -0.117. The second-order valence-electron chi connectivity index (χ2n) is 3.95. The highest BCUT2D eigenvalue weighted by molar-refractivity contribution is 6.31. The van der Waals surface area contributed by atoms with Gasteiger partial charge in [-0.3, -0.25) is 4.79 Å². The first-order chi connectivity index (χ1) is 7.99. The minimum Gasteiger partial charge on any atom is -0.397 e. The van der Waals surface area contributed by atoms with Crippen LogP contribution in [-0.2, 0) is 9.53 Å². The number of halogens is 1. The molecule has 1 aromatic rings. The third-order valence-corrected chi connectivity index (χ3v) is 2.30. The van der Waals surface area contributed by atoms with Gasteiger partial charge in [0.15, 0.2) is 0 Å². The number of nitrogens with two attached hydrogens (primary N) is 1. The highest BCUT2D eigenvalue weighted by Crippen LogP contribution is 2.22. The number of ether oxygens (including phenoxy) is 1. The Balaban J connectivity index is 2.45. The van der Waals surface area contributed by atoms with Crippen LogP contribution >= 0.6 is 11.6 Å². The molecule has 5 heteroatoms. The fourth-order valence-corrected chi connectivity index (χ4v) is 1.43. The summed E-state index contributed by atoms with van der Waals surface area (Å²) in [7, 11) is 0. The van der Waals surface area contributed by atoms with Crippen LogP contribution in [0, 0.1) is 0 Å². The SMILES string of the molecule is CC(C)OCCC(=O)Nc1ccc(Cl)cc1N. The Morgan fingerprint density at radius 1 is 1.53 bits per heavy atom. The van der Waals surface area contributed by atoms with E-state index in [9.17, 15) is 4.79 Å². The lowest BCUT2D eigenvalue weighted by Gasteiger charge is -2.09. The van der Waals surface area contributed by atoms with Crippen LogP contribution in [0.2, 0.25) is 5.02 Å². The molecule has 94 valence electrons. The molecule has 0 spiro atoms. The Morgan fingerprint density at radius 3 is 2.82 bits per heavy atom. The van der Waals surface area contributed by atoms with E-state index in [4.69, 9.17) is 22.1 Å². The van der Waals surface area contributed by atoms with Crippen LogP contribution in [0.4, 0.5) is 11.4 Å². The number of nitrogen functional groups attached to an aromatic ring is 1. The highest BCUT2D eigenvalue weighted by atomic mass is 35.5. The van der Waals surface area contributed by atoms with Crippen molar-refractivity contribution in [2.75, 3.05) is 17.7 Å². The number of carbonyl (C=O) groups is 1. The number of benzene rings is 1. The molecule has 0 aromatic heterocycles. The van der Waals surface area contributed by atoms with Gasteiger partial charge in [0.2, 0.25) is 5.91 Å². The maximum atomic E-state index is 11.6. The van der Waals surface area contributed by atoms with Gasteiger partial charge in [0.05, 0.1) is 30.5 Å². The van der Waals surface area contributed by atoms with E-state index in [2.05, 4.69) is 5.32 Å². The number of anilines is 2. The molecule has 0 aliphatic carbocycles. The van der Waals surface area contributed by atoms with Gasteiger partial charge in [-0.15, -0.1) is 0 Å². The molecule has 4 nitrogen and oxygen atoms in total. The van der Waals surface area contributed by atoms with Crippen molar-refractivity contribution < 1.29 is 9.53 Å². The van der Waals surface area contributed by atoms with Crippen LogP contribution < -0.4 is 11.1 Å². The molecule has 0 unspecified atom stereocenters. The first kappa shape index (κ1) is 13.8. The molecule has 0 fully saturated rings.